The van der Waals surface area contributed by atoms with E-state index < -0.39 is 0 Å². The standard InChI is InChI=1S/C19H24N6S/c1-19(2,3)13-9-7-12(8-10-13)11-26-18-24-23-17(25(18)20)16-14-5-4-6-15(14)21-22-16/h7-10H,4-6,11,20H2,1-3H3,(H,21,22). The molecule has 0 spiro atoms. The summed E-state index contributed by atoms with van der Waals surface area (Å²) >= 11 is 1.59. The van der Waals surface area contributed by atoms with Crippen molar-refractivity contribution in [3.8, 4) is 11.5 Å². The quantitative estimate of drug-likeness (QED) is 0.544. The number of hydrogen-bond donors (Lipinski definition) is 2. The lowest BCUT2D eigenvalue weighted by atomic mass is 9.87. The summed E-state index contributed by atoms with van der Waals surface area (Å²) in [5.41, 5.74) is 6.03. The van der Waals surface area contributed by atoms with Gasteiger partial charge in [-0.05, 0) is 35.8 Å². The third kappa shape index (κ3) is 3.11. The third-order valence-corrected chi connectivity index (χ3v) is 5.88. The van der Waals surface area contributed by atoms with E-state index >= 15 is 0 Å². The van der Waals surface area contributed by atoms with Crippen molar-refractivity contribution in [1.82, 2.24) is 25.1 Å². The SMILES string of the molecule is CC(C)(C)c1ccc(CSc2nnc(-c3n[nH]c4c3CCC4)n2N)cc1. The monoisotopic (exact) mass is 368 g/mol. The number of H-pyrrole nitrogens is 1. The number of nitrogens with zero attached hydrogens (tertiary/aromatic N) is 4. The van der Waals surface area contributed by atoms with Gasteiger partial charge in [-0.1, -0.05) is 56.8 Å². The number of fused-ring (bicyclic) bond motifs is 1. The number of rotatable bonds is 4. The number of thioether (sulfide) groups is 1. The van der Waals surface area contributed by atoms with Gasteiger partial charge in [0, 0.05) is 17.0 Å². The molecule has 0 amide bonds. The number of nitrogens with one attached hydrogen (secondary N) is 1. The summed E-state index contributed by atoms with van der Waals surface area (Å²) in [7, 11) is 0. The smallest absolute Gasteiger partial charge is 0.210 e. The van der Waals surface area contributed by atoms with Crippen LogP contribution in [0.2, 0.25) is 0 Å². The highest BCUT2D eigenvalue weighted by atomic mass is 32.2. The van der Waals surface area contributed by atoms with Gasteiger partial charge in [-0.3, -0.25) is 5.10 Å². The predicted octanol–water partition coefficient (Wildman–Crippen LogP) is 3.46. The lowest BCUT2D eigenvalue weighted by Crippen LogP contribution is -2.12. The number of aromatic amines is 1. The van der Waals surface area contributed by atoms with Crippen LogP contribution in [0.25, 0.3) is 11.5 Å². The number of aromatic nitrogens is 5. The second-order valence-corrected chi connectivity index (χ2v) is 8.74. The maximum absolute atomic E-state index is 6.25. The van der Waals surface area contributed by atoms with Crippen molar-refractivity contribution in [2.24, 2.45) is 0 Å². The van der Waals surface area contributed by atoms with Crippen LogP contribution in [-0.2, 0) is 24.0 Å². The molecule has 136 valence electrons. The number of nitrogens with two attached hydrogens (primary N) is 1. The Morgan fingerprint density at radius 1 is 1.15 bits per heavy atom. The van der Waals surface area contributed by atoms with Crippen molar-refractivity contribution in [3.05, 3.63) is 46.6 Å². The molecule has 1 aliphatic rings. The zero-order valence-electron chi connectivity index (χ0n) is 15.4. The van der Waals surface area contributed by atoms with Crippen LogP contribution in [0.3, 0.4) is 0 Å². The highest BCUT2D eigenvalue weighted by Gasteiger charge is 2.24. The van der Waals surface area contributed by atoms with Gasteiger partial charge in [-0.15, -0.1) is 10.2 Å². The average molecular weight is 369 g/mol. The molecule has 0 bridgehead atoms. The van der Waals surface area contributed by atoms with Crippen LogP contribution in [0.4, 0.5) is 0 Å². The topological polar surface area (TPSA) is 85.4 Å². The first-order chi connectivity index (χ1) is 12.4. The van der Waals surface area contributed by atoms with Crippen molar-refractivity contribution in [1.29, 1.82) is 0 Å². The minimum atomic E-state index is 0.168. The van der Waals surface area contributed by atoms with E-state index in [1.807, 2.05) is 0 Å². The molecule has 1 aliphatic carbocycles. The van der Waals surface area contributed by atoms with Crippen LogP contribution in [-0.4, -0.2) is 25.1 Å². The van der Waals surface area contributed by atoms with E-state index in [4.69, 9.17) is 5.84 Å². The maximum Gasteiger partial charge on any atom is 0.210 e. The van der Waals surface area contributed by atoms with Gasteiger partial charge in [0.05, 0.1) is 0 Å². The van der Waals surface area contributed by atoms with Crippen LogP contribution in [0.15, 0.2) is 29.4 Å². The maximum atomic E-state index is 6.25. The highest BCUT2D eigenvalue weighted by Crippen LogP contribution is 2.31. The molecule has 6 nitrogen and oxygen atoms in total. The summed E-state index contributed by atoms with van der Waals surface area (Å²) in [5, 5.41) is 16.7. The molecule has 3 N–H and O–H groups in total. The van der Waals surface area contributed by atoms with E-state index in [1.54, 1.807) is 16.4 Å². The summed E-state index contributed by atoms with van der Waals surface area (Å²) in [6.45, 7) is 6.67. The van der Waals surface area contributed by atoms with Crippen LogP contribution >= 0.6 is 11.8 Å². The molecule has 2 heterocycles. The molecule has 0 saturated carbocycles. The molecule has 0 aliphatic heterocycles. The van der Waals surface area contributed by atoms with Crippen LogP contribution < -0.4 is 5.84 Å². The van der Waals surface area contributed by atoms with Gasteiger partial charge in [0.25, 0.3) is 0 Å². The fourth-order valence-electron chi connectivity index (χ4n) is 3.29. The first-order valence-electron chi connectivity index (χ1n) is 8.92. The molecule has 3 aromatic rings. The van der Waals surface area contributed by atoms with Crippen molar-refractivity contribution in [2.75, 3.05) is 5.84 Å². The zero-order valence-corrected chi connectivity index (χ0v) is 16.2. The number of hydrogen-bond acceptors (Lipinski definition) is 5. The summed E-state index contributed by atoms with van der Waals surface area (Å²) in [4.78, 5) is 0. The fourth-order valence-corrected chi connectivity index (χ4v) is 4.10. The van der Waals surface area contributed by atoms with Gasteiger partial charge in [-0.2, -0.15) is 5.10 Å². The van der Waals surface area contributed by atoms with Gasteiger partial charge in [0.2, 0.25) is 11.0 Å². The second-order valence-electron chi connectivity index (χ2n) is 7.79. The van der Waals surface area contributed by atoms with E-state index in [9.17, 15) is 0 Å². The second kappa shape index (κ2) is 6.46. The van der Waals surface area contributed by atoms with E-state index in [-0.39, 0.29) is 5.41 Å². The number of nitrogen functional groups attached to an aromatic ring is 1. The molecule has 7 heteroatoms. The van der Waals surface area contributed by atoms with Crippen molar-refractivity contribution >= 4 is 11.8 Å². The Balaban J connectivity index is 1.49. The lowest BCUT2D eigenvalue weighted by Gasteiger charge is -2.19. The molecule has 0 fully saturated rings. The minimum absolute atomic E-state index is 0.168. The molecule has 26 heavy (non-hydrogen) atoms. The number of benzene rings is 1. The molecular formula is C19H24N6S. The van der Waals surface area contributed by atoms with Gasteiger partial charge in [0.15, 0.2) is 0 Å². The Kier molecular flexibility index (Phi) is 4.26. The van der Waals surface area contributed by atoms with Gasteiger partial charge in [0.1, 0.15) is 5.69 Å². The third-order valence-electron chi connectivity index (χ3n) is 4.87. The Hall–Kier alpha value is -2.28. The largest absolute Gasteiger partial charge is 0.335 e. The van der Waals surface area contributed by atoms with Crippen LogP contribution in [0.1, 0.15) is 49.6 Å². The molecule has 0 radical (unpaired) electrons. The normalized spacial score (nSPS) is 14.0. The molecule has 0 atom stereocenters. The summed E-state index contributed by atoms with van der Waals surface area (Å²) in [5.74, 6) is 7.69. The van der Waals surface area contributed by atoms with Gasteiger partial charge >= 0.3 is 0 Å². The van der Waals surface area contributed by atoms with E-state index in [0.29, 0.717) is 11.0 Å². The van der Waals surface area contributed by atoms with Crippen molar-refractivity contribution < 1.29 is 0 Å². The summed E-state index contributed by atoms with van der Waals surface area (Å²) in [6.07, 6.45) is 3.23. The Morgan fingerprint density at radius 2 is 1.92 bits per heavy atom. The number of aryl methyl sites for hydroxylation is 1. The zero-order chi connectivity index (χ0) is 18.3. The molecule has 2 aromatic heterocycles. The van der Waals surface area contributed by atoms with E-state index in [2.05, 4.69) is 65.4 Å². The van der Waals surface area contributed by atoms with E-state index in [0.717, 1.165) is 30.7 Å². The summed E-state index contributed by atoms with van der Waals surface area (Å²) in [6, 6.07) is 8.74. The fraction of sp³-hybridized carbons (Fsp3) is 0.421. The Morgan fingerprint density at radius 3 is 2.65 bits per heavy atom. The highest BCUT2D eigenvalue weighted by molar-refractivity contribution is 7.98. The van der Waals surface area contributed by atoms with Gasteiger partial charge < -0.3 is 5.84 Å². The molecule has 0 saturated heterocycles. The molecule has 0 unspecified atom stereocenters. The molecule has 1 aromatic carbocycles. The lowest BCUT2D eigenvalue weighted by molar-refractivity contribution is 0.590. The minimum Gasteiger partial charge on any atom is -0.335 e. The Labute approximate surface area is 157 Å². The summed E-state index contributed by atoms with van der Waals surface area (Å²) < 4.78 is 1.56. The predicted molar refractivity (Wildman–Crippen MR) is 104 cm³/mol. The van der Waals surface area contributed by atoms with Crippen molar-refractivity contribution in [3.63, 3.8) is 0 Å². The Bertz CT molecular complexity index is 917. The van der Waals surface area contributed by atoms with Crippen molar-refractivity contribution in [2.45, 2.75) is 56.4 Å². The molecular weight excluding hydrogens is 344 g/mol. The van der Waals surface area contributed by atoms with Crippen LogP contribution in [0.5, 0.6) is 0 Å². The van der Waals surface area contributed by atoms with E-state index in [1.165, 1.54) is 22.4 Å². The van der Waals surface area contributed by atoms with Gasteiger partial charge in [-0.25, -0.2) is 4.68 Å². The van der Waals surface area contributed by atoms with Crippen LogP contribution in [0, 0.1) is 0 Å². The first kappa shape index (κ1) is 17.1. The molecule has 4 rings (SSSR count). The average Bonchev–Trinajstić information content (AvgIpc) is 3.29. The first-order valence-corrected chi connectivity index (χ1v) is 9.91.